The molecule has 0 heterocycles. The lowest BCUT2D eigenvalue weighted by Crippen LogP contribution is -2.48. The molecule has 0 atom stereocenters. The second-order valence-corrected chi connectivity index (χ2v) is 5.10. The summed E-state index contributed by atoms with van der Waals surface area (Å²) in [5.41, 5.74) is 5.07. The maximum Gasteiger partial charge on any atom is 0.276 e. The quantitative estimate of drug-likeness (QED) is 0.421. The number of fused-ring (bicyclic) bond motifs is 1. The zero-order valence-corrected chi connectivity index (χ0v) is 13.6. The van der Waals surface area contributed by atoms with Crippen LogP contribution in [-0.4, -0.2) is 37.9 Å². The van der Waals surface area contributed by atoms with Crippen molar-refractivity contribution in [1.29, 1.82) is 0 Å². The highest BCUT2D eigenvalue weighted by Gasteiger charge is 2.06. The average molecular weight is 333 g/mol. The van der Waals surface area contributed by atoms with Gasteiger partial charge >= 0.3 is 0 Å². The number of carbonyl (C=O) groups is 1. The van der Waals surface area contributed by atoms with E-state index >= 15 is 0 Å². The smallest absolute Gasteiger partial charge is 0.276 e. The highest BCUT2D eigenvalue weighted by Crippen LogP contribution is 2.24. The first-order valence-corrected chi connectivity index (χ1v) is 7.53. The number of methoxy groups -OCH3 is 1. The molecule has 0 aliphatic heterocycles. The van der Waals surface area contributed by atoms with Crippen LogP contribution in [-0.2, 0) is 9.53 Å². The maximum atomic E-state index is 11.8. The Hall–Kier alpha value is -2.38. The Kier molecular flexibility index (Phi) is 6.58. The van der Waals surface area contributed by atoms with Crippen LogP contribution in [0.4, 0.5) is 0 Å². The number of nitrogens with one attached hydrogen (secondary N) is 3. The van der Waals surface area contributed by atoms with Crippen LogP contribution in [0.1, 0.15) is 0 Å². The van der Waals surface area contributed by atoms with Gasteiger partial charge in [0.2, 0.25) is 0 Å². The van der Waals surface area contributed by atoms with Crippen molar-refractivity contribution in [3.05, 3.63) is 42.5 Å². The summed E-state index contributed by atoms with van der Waals surface area (Å²) < 4.78 is 10.5. The normalized spacial score (nSPS) is 10.1. The molecule has 2 aromatic rings. The molecule has 0 aliphatic carbocycles. The molecule has 0 unspecified atom stereocenters. The lowest BCUT2D eigenvalue weighted by Gasteiger charge is -2.12. The number of hydrazine groups is 1. The first-order valence-electron chi connectivity index (χ1n) is 7.13. The Morgan fingerprint density at radius 1 is 1.13 bits per heavy atom. The first-order chi connectivity index (χ1) is 11.2. The third kappa shape index (κ3) is 5.39. The van der Waals surface area contributed by atoms with E-state index in [9.17, 15) is 4.79 Å². The molecular weight excluding hydrogens is 314 g/mol. The zero-order chi connectivity index (χ0) is 16.5. The van der Waals surface area contributed by atoms with Crippen molar-refractivity contribution in [2.24, 2.45) is 0 Å². The summed E-state index contributed by atoms with van der Waals surface area (Å²) in [5.74, 6) is 0.341. The van der Waals surface area contributed by atoms with Gasteiger partial charge in [0.25, 0.3) is 5.91 Å². The minimum atomic E-state index is -0.325. The molecule has 2 aromatic carbocycles. The number of ether oxygens (including phenoxy) is 2. The molecule has 0 fully saturated rings. The Morgan fingerprint density at radius 2 is 1.91 bits per heavy atom. The van der Waals surface area contributed by atoms with E-state index in [1.807, 2.05) is 42.5 Å². The minimum absolute atomic E-state index is 0.109. The van der Waals surface area contributed by atoms with E-state index in [0.29, 0.717) is 24.0 Å². The topological polar surface area (TPSA) is 71.6 Å². The fourth-order valence-electron chi connectivity index (χ4n) is 1.94. The Bertz CT molecular complexity index is 673. The van der Waals surface area contributed by atoms with Crippen molar-refractivity contribution in [2.75, 3.05) is 26.9 Å². The van der Waals surface area contributed by atoms with E-state index in [1.165, 1.54) is 0 Å². The van der Waals surface area contributed by atoms with Gasteiger partial charge in [-0.25, -0.2) is 0 Å². The number of carbonyl (C=O) groups excluding carboxylic acids is 1. The van der Waals surface area contributed by atoms with Crippen LogP contribution in [0.25, 0.3) is 10.8 Å². The van der Waals surface area contributed by atoms with Crippen molar-refractivity contribution in [3.8, 4) is 5.75 Å². The predicted octanol–water partition coefficient (Wildman–Crippen LogP) is 1.36. The number of thiocarbonyl (C=S) groups is 1. The molecule has 3 N–H and O–H groups in total. The first kappa shape index (κ1) is 17.0. The molecule has 1 amide bonds. The molecule has 0 radical (unpaired) electrons. The second kappa shape index (κ2) is 8.92. The number of benzene rings is 2. The SMILES string of the molecule is COCCNC(=S)NNC(=O)COc1cccc2ccccc12. The Balaban J connectivity index is 1.79. The van der Waals surface area contributed by atoms with Crippen molar-refractivity contribution < 1.29 is 14.3 Å². The van der Waals surface area contributed by atoms with Gasteiger partial charge in [0.05, 0.1) is 6.61 Å². The molecule has 6 nitrogen and oxygen atoms in total. The molecule has 23 heavy (non-hydrogen) atoms. The molecule has 0 spiro atoms. The molecule has 7 heteroatoms. The average Bonchev–Trinajstić information content (AvgIpc) is 2.58. The highest BCUT2D eigenvalue weighted by molar-refractivity contribution is 7.80. The van der Waals surface area contributed by atoms with Crippen LogP contribution >= 0.6 is 12.2 Å². The lowest BCUT2D eigenvalue weighted by atomic mass is 10.1. The van der Waals surface area contributed by atoms with E-state index < -0.39 is 0 Å². The largest absolute Gasteiger partial charge is 0.483 e. The standard InChI is InChI=1S/C16H19N3O3S/c1-21-10-9-17-16(23)19-18-15(20)11-22-14-8-4-6-12-5-2-3-7-13(12)14/h2-8H,9-11H2,1H3,(H,18,20)(H2,17,19,23). The predicted molar refractivity (Wildman–Crippen MR) is 93.2 cm³/mol. The molecule has 0 aromatic heterocycles. The summed E-state index contributed by atoms with van der Waals surface area (Å²) >= 11 is 4.99. The Morgan fingerprint density at radius 3 is 2.74 bits per heavy atom. The third-order valence-electron chi connectivity index (χ3n) is 3.02. The van der Waals surface area contributed by atoms with Crippen LogP contribution in [0.5, 0.6) is 5.75 Å². The zero-order valence-electron chi connectivity index (χ0n) is 12.8. The fraction of sp³-hybridized carbons (Fsp3) is 0.250. The molecule has 122 valence electrons. The van der Waals surface area contributed by atoms with Gasteiger partial charge in [0.1, 0.15) is 5.75 Å². The molecule has 0 saturated heterocycles. The maximum absolute atomic E-state index is 11.8. The van der Waals surface area contributed by atoms with Gasteiger partial charge in [-0.15, -0.1) is 0 Å². The summed E-state index contributed by atoms with van der Waals surface area (Å²) in [6, 6.07) is 13.6. The van der Waals surface area contributed by atoms with E-state index in [0.717, 1.165) is 10.8 Å². The molecule has 0 aliphatic rings. The number of amides is 1. The lowest BCUT2D eigenvalue weighted by molar-refractivity contribution is -0.123. The number of hydrogen-bond donors (Lipinski definition) is 3. The van der Waals surface area contributed by atoms with Crippen LogP contribution in [0, 0.1) is 0 Å². The monoisotopic (exact) mass is 333 g/mol. The highest BCUT2D eigenvalue weighted by atomic mass is 32.1. The molecule has 0 bridgehead atoms. The van der Waals surface area contributed by atoms with Gasteiger partial charge in [0.15, 0.2) is 11.7 Å². The number of rotatable bonds is 6. The van der Waals surface area contributed by atoms with Gasteiger partial charge in [0, 0.05) is 19.0 Å². The summed E-state index contributed by atoms with van der Waals surface area (Å²) in [4.78, 5) is 11.8. The van der Waals surface area contributed by atoms with Crippen LogP contribution < -0.4 is 20.9 Å². The van der Waals surface area contributed by atoms with Gasteiger partial charge in [-0.05, 0) is 23.7 Å². The Labute approximate surface area is 140 Å². The number of hydrogen-bond acceptors (Lipinski definition) is 4. The molecular formula is C16H19N3O3S. The second-order valence-electron chi connectivity index (χ2n) is 4.69. The van der Waals surface area contributed by atoms with Crippen LogP contribution in [0.2, 0.25) is 0 Å². The van der Waals surface area contributed by atoms with E-state index in [2.05, 4.69) is 16.2 Å². The van der Waals surface area contributed by atoms with Crippen LogP contribution in [0.3, 0.4) is 0 Å². The van der Waals surface area contributed by atoms with Crippen molar-refractivity contribution in [3.63, 3.8) is 0 Å². The summed E-state index contributed by atoms with van der Waals surface area (Å²) in [7, 11) is 1.60. The van der Waals surface area contributed by atoms with Crippen LogP contribution in [0.15, 0.2) is 42.5 Å². The third-order valence-corrected chi connectivity index (χ3v) is 3.26. The van der Waals surface area contributed by atoms with Gasteiger partial charge in [-0.3, -0.25) is 15.6 Å². The van der Waals surface area contributed by atoms with E-state index in [1.54, 1.807) is 7.11 Å². The van der Waals surface area contributed by atoms with Gasteiger partial charge < -0.3 is 14.8 Å². The van der Waals surface area contributed by atoms with E-state index in [4.69, 9.17) is 21.7 Å². The summed E-state index contributed by atoms with van der Waals surface area (Å²) in [5, 5.41) is 5.22. The van der Waals surface area contributed by atoms with Crippen molar-refractivity contribution in [2.45, 2.75) is 0 Å². The van der Waals surface area contributed by atoms with Gasteiger partial charge in [-0.1, -0.05) is 36.4 Å². The van der Waals surface area contributed by atoms with Crippen molar-refractivity contribution >= 4 is 34.0 Å². The van der Waals surface area contributed by atoms with Crippen molar-refractivity contribution in [1.82, 2.24) is 16.2 Å². The van der Waals surface area contributed by atoms with Gasteiger partial charge in [-0.2, -0.15) is 0 Å². The molecule has 2 rings (SSSR count). The van der Waals surface area contributed by atoms with E-state index in [-0.39, 0.29) is 12.5 Å². The fourth-order valence-corrected chi connectivity index (χ4v) is 2.09. The minimum Gasteiger partial charge on any atom is -0.483 e. The summed E-state index contributed by atoms with van der Waals surface area (Å²) in [6.45, 7) is 0.979. The summed E-state index contributed by atoms with van der Waals surface area (Å²) in [6.07, 6.45) is 0. The molecule has 0 saturated carbocycles.